The number of aromatic nitrogens is 1. The number of urea groups is 1. The average Bonchev–Trinajstić information content (AvgIpc) is 2.62. The number of esters is 1. The van der Waals surface area contributed by atoms with Gasteiger partial charge in [0.1, 0.15) is 5.82 Å². The van der Waals surface area contributed by atoms with Crippen molar-refractivity contribution >= 4 is 17.8 Å². The molecule has 0 spiro atoms. The zero-order valence-electron chi connectivity index (χ0n) is 13.4. The van der Waals surface area contributed by atoms with E-state index < -0.39 is 11.9 Å². The molecule has 0 aliphatic carbocycles. The first-order chi connectivity index (χ1) is 11.6. The Morgan fingerprint density at radius 1 is 1.17 bits per heavy atom. The van der Waals surface area contributed by atoms with Gasteiger partial charge in [0, 0.05) is 19.3 Å². The summed E-state index contributed by atoms with van der Waals surface area (Å²) in [5, 5.41) is 5.38. The fraction of sp³-hybridized carbons (Fsp3) is 0.235. The largest absolute Gasteiger partial charge is 0.468 e. The summed E-state index contributed by atoms with van der Waals surface area (Å²) in [6.07, 6.45) is 1.59. The second kappa shape index (κ2) is 8.52. The van der Waals surface area contributed by atoms with Crippen LogP contribution >= 0.6 is 0 Å². The summed E-state index contributed by atoms with van der Waals surface area (Å²) in [4.78, 5) is 27.8. The molecule has 126 valence electrons. The molecule has 2 rings (SSSR count). The summed E-state index contributed by atoms with van der Waals surface area (Å²) >= 11 is 0. The number of carbonyl (C=O) groups is 2. The molecule has 1 atom stereocenters. The van der Waals surface area contributed by atoms with Crippen molar-refractivity contribution in [2.24, 2.45) is 0 Å². The number of anilines is 1. The normalized spacial score (nSPS) is 11.4. The second-order valence-electron chi connectivity index (χ2n) is 5.14. The zero-order valence-corrected chi connectivity index (χ0v) is 13.4. The Bertz CT molecular complexity index is 674. The average molecular weight is 328 g/mol. The third-order valence-electron chi connectivity index (χ3n) is 3.46. The van der Waals surface area contributed by atoms with Gasteiger partial charge in [-0.05, 0) is 17.2 Å². The molecule has 24 heavy (non-hydrogen) atoms. The van der Waals surface area contributed by atoms with Crippen LogP contribution in [0.4, 0.5) is 10.6 Å². The highest BCUT2D eigenvalue weighted by Crippen LogP contribution is 2.16. The molecule has 0 saturated heterocycles. The molecule has 2 aromatic rings. The number of hydrogen-bond donors (Lipinski definition) is 3. The van der Waals surface area contributed by atoms with Crippen molar-refractivity contribution in [3.8, 4) is 0 Å². The molecule has 7 heteroatoms. The molecule has 1 heterocycles. The van der Waals surface area contributed by atoms with Crippen LogP contribution < -0.4 is 16.4 Å². The molecule has 0 radical (unpaired) electrons. The maximum atomic E-state index is 11.9. The lowest BCUT2D eigenvalue weighted by molar-refractivity contribution is -0.142. The first kappa shape index (κ1) is 17.3. The molecule has 1 unspecified atom stereocenters. The van der Waals surface area contributed by atoms with Gasteiger partial charge in [-0.2, -0.15) is 0 Å². The maximum Gasteiger partial charge on any atom is 0.315 e. The number of rotatable bonds is 6. The topological polar surface area (TPSA) is 106 Å². The summed E-state index contributed by atoms with van der Waals surface area (Å²) < 4.78 is 4.81. The molecule has 7 nitrogen and oxygen atoms in total. The van der Waals surface area contributed by atoms with E-state index in [2.05, 4.69) is 15.6 Å². The number of nitrogen functional groups attached to an aromatic ring is 1. The summed E-state index contributed by atoms with van der Waals surface area (Å²) in [5.74, 6) is -0.531. The Morgan fingerprint density at radius 3 is 2.54 bits per heavy atom. The number of ether oxygens (including phenoxy) is 1. The minimum Gasteiger partial charge on any atom is -0.468 e. The highest BCUT2D eigenvalue weighted by Gasteiger charge is 2.21. The lowest BCUT2D eigenvalue weighted by Crippen LogP contribution is -2.39. The van der Waals surface area contributed by atoms with Gasteiger partial charge in [0.05, 0.1) is 13.0 Å². The van der Waals surface area contributed by atoms with E-state index in [-0.39, 0.29) is 12.6 Å². The Balaban J connectivity index is 1.88. The van der Waals surface area contributed by atoms with Gasteiger partial charge in [-0.15, -0.1) is 0 Å². The number of amides is 2. The van der Waals surface area contributed by atoms with Crippen molar-refractivity contribution in [1.29, 1.82) is 0 Å². The second-order valence-corrected chi connectivity index (χ2v) is 5.14. The van der Waals surface area contributed by atoms with Crippen LogP contribution in [0, 0.1) is 0 Å². The molecule has 0 bridgehead atoms. The molecular weight excluding hydrogens is 308 g/mol. The van der Waals surface area contributed by atoms with Gasteiger partial charge >= 0.3 is 12.0 Å². The van der Waals surface area contributed by atoms with Crippen molar-refractivity contribution < 1.29 is 14.3 Å². The van der Waals surface area contributed by atoms with Gasteiger partial charge in [0.25, 0.3) is 0 Å². The van der Waals surface area contributed by atoms with E-state index >= 15 is 0 Å². The first-order valence-electron chi connectivity index (χ1n) is 7.45. The third kappa shape index (κ3) is 4.98. The first-order valence-corrected chi connectivity index (χ1v) is 7.45. The molecule has 0 aliphatic heterocycles. The number of hydrogen-bond acceptors (Lipinski definition) is 5. The molecule has 0 saturated carbocycles. The number of pyridine rings is 1. The third-order valence-corrected chi connectivity index (χ3v) is 3.46. The molecule has 1 aromatic carbocycles. The van der Waals surface area contributed by atoms with E-state index in [4.69, 9.17) is 10.5 Å². The Hall–Kier alpha value is -3.09. The minimum atomic E-state index is -0.555. The van der Waals surface area contributed by atoms with Crippen molar-refractivity contribution in [2.45, 2.75) is 12.5 Å². The van der Waals surface area contributed by atoms with Crippen LogP contribution in [0.2, 0.25) is 0 Å². The van der Waals surface area contributed by atoms with E-state index in [0.29, 0.717) is 12.4 Å². The standard InChI is InChI=1S/C17H20N4O3/c1-24-16(22)14(13-5-3-2-4-6-13)11-21-17(23)20-10-12-7-8-15(18)19-9-12/h2-9,14H,10-11H2,1H3,(H2,18,19)(H2,20,21,23). The SMILES string of the molecule is COC(=O)C(CNC(=O)NCc1ccc(N)nc1)c1ccccc1. The Kier molecular flexibility index (Phi) is 6.13. The highest BCUT2D eigenvalue weighted by molar-refractivity contribution is 5.80. The Labute approximate surface area is 140 Å². The smallest absolute Gasteiger partial charge is 0.315 e. The predicted molar refractivity (Wildman–Crippen MR) is 90.1 cm³/mol. The monoisotopic (exact) mass is 328 g/mol. The lowest BCUT2D eigenvalue weighted by Gasteiger charge is -2.16. The molecule has 0 fully saturated rings. The van der Waals surface area contributed by atoms with Crippen LogP contribution in [0.1, 0.15) is 17.0 Å². The van der Waals surface area contributed by atoms with Crippen LogP contribution in [0.5, 0.6) is 0 Å². The summed E-state index contributed by atoms with van der Waals surface area (Å²) in [6, 6.07) is 12.2. The summed E-state index contributed by atoms with van der Waals surface area (Å²) in [6.45, 7) is 0.454. The van der Waals surface area contributed by atoms with Crippen LogP contribution in [0.3, 0.4) is 0 Å². The molecular formula is C17H20N4O3. The highest BCUT2D eigenvalue weighted by atomic mass is 16.5. The van der Waals surface area contributed by atoms with E-state index in [1.165, 1.54) is 7.11 Å². The van der Waals surface area contributed by atoms with Crippen molar-refractivity contribution in [3.05, 3.63) is 59.8 Å². The van der Waals surface area contributed by atoms with Crippen LogP contribution in [0.15, 0.2) is 48.7 Å². The zero-order chi connectivity index (χ0) is 17.4. The lowest BCUT2D eigenvalue weighted by atomic mass is 9.99. The van der Waals surface area contributed by atoms with E-state index in [9.17, 15) is 9.59 Å². The molecule has 4 N–H and O–H groups in total. The fourth-order valence-electron chi connectivity index (χ4n) is 2.14. The number of nitrogens with one attached hydrogen (secondary N) is 2. The van der Waals surface area contributed by atoms with Gasteiger partial charge < -0.3 is 21.1 Å². The van der Waals surface area contributed by atoms with Crippen molar-refractivity contribution in [2.75, 3.05) is 19.4 Å². The van der Waals surface area contributed by atoms with E-state index in [0.717, 1.165) is 11.1 Å². The van der Waals surface area contributed by atoms with Crippen molar-refractivity contribution in [3.63, 3.8) is 0 Å². The quantitative estimate of drug-likeness (QED) is 0.695. The summed E-state index contributed by atoms with van der Waals surface area (Å²) in [7, 11) is 1.33. The van der Waals surface area contributed by atoms with Crippen molar-refractivity contribution in [1.82, 2.24) is 15.6 Å². The predicted octanol–water partition coefficient (Wildman–Crippen LogP) is 1.42. The van der Waals surface area contributed by atoms with Gasteiger partial charge in [-0.25, -0.2) is 9.78 Å². The number of nitrogens with two attached hydrogens (primary N) is 1. The van der Waals surface area contributed by atoms with Gasteiger partial charge in [0.15, 0.2) is 0 Å². The van der Waals surface area contributed by atoms with Gasteiger partial charge in [-0.1, -0.05) is 36.4 Å². The number of nitrogens with zero attached hydrogens (tertiary/aromatic N) is 1. The summed E-state index contributed by atoms with van der Waals surface area (Å²) in [5.41, 5.74) is 7.12. The number of carbonyl (C=O) groups excluding carboxylic acids is 2. The number of methoxy groups -OCH3 is 1. The van der Waals surface area contributed by atoms with Crippen LogP contribution in [0.25, 0.3) is 0 Å². The maximum absolute atomic E-state index is 11.9. The van der Waals surface area contributed by atoms with Crippen LogP contribution in [-0.4, -0.2) is 30.6 Å². The fourth-order valence-corrected chi connectivity index (χ4v) is 2.14. The molecule has 0 aliphatic rings. The van der Waals surface area contributed by atoms with Crippen LogP contribution in [-0.2, 0) is 16.1 Å². The van der Waals surface area contributed by atoms with E-state index in [1.807, 2.05) is 30.3 Å². The molecule has 2 amide bonds. The van der Waals surface area contributed by atoms with E-state index in [1.54, 1.807) is 18.3 Å². The minimum absolute atomic E-state index is 0.141. The Morgan fingerprint density at radius 2 is 1.92 bits per heavy atom. The van der Waals surface area contributed by atoms with Gasteiger partial charge in [-0.3, -0.25) is 4.79 Å². The van der Waals surface area contributed by atoms with Gasteiger partial charge in [0.2, 0.25) is 0 Å². The number of benzene rings is 1. The molecule has 1 aromatic heterocycles.